The Morgan fingerprint density at radius 3 is 2.32 bits per heavy atom. The predicted molar refractivity (Wildman–Crippen MR) is 90.3 cm³/mol. The van der Waals surface area contributed by atoms with Gasteiger partial charge in [-0.2, -0.15) is 0 Å². The molecule has 1 aromatic carbocycles. The van der Waals surface area contributed by atoms with E-state index >= 15 is 0 Å². The van der Waals surface area contributed by atoms with E-state index in [-0.39, 0.29) is 0 Å². The van der Waals surface area contributed by atoms with Crippen molar-refractivity contribution in [2.24, 2.45) is 5.41 Å². The molecule has 0 aliphatic carbocycles. The minimum atomic E-state index is 0.394. The molecule has 0 amide bonds. The SMILES string of the molecule is CCCCC(CC)(CBr)CCOc1ccc(Br)cc1. The molecule has 0 fully saturated rings. The van der Waals surface area contributed by atoms with Gasteiger partial charge in [0.05, 0.1) is 6.61 Å². The van der Waals surface area contributed by atoms with Crippen LogP contribution in [0.25, 0.3) is 0 Å². The third-order valence-electron chi connectivity index (χ3n) is 3.81. The summed E-state index contributed by atoms with van der Waals surface area (Å²) in [7, 11) is 0. The van der Waals surface area contributed by atoms with Crippen LogP contribution in [0.5, 0.6) is 5.75 Å². The summed E-state index contributed by atoms with van der Waals surface area (Å²) in [5.74, 6) is 0.957. The van der Waals surface area contributed by atoms with Gasteiger partial charge in [0.2, 0.25) is 0 Å². The Balaban J connectivity index is 2.45. The molecular weight excluding hydrogens is 368 g/mol. The first-order valence-electron chi connectivity index (χ1n) is 7.10. The lowest BCUT2D eigenvalue weighted by molar-refractivity contribution is 0.195. The van der Waals surface area contributed by atoms with Crippen LogP contribution >= 0.6 is 31.9 Å². The minimum Gasteiger partial charge on any atom is -0.494 e. The lowest BCUT2D eigenvalue weighted by Gasteiger charge is -2.31. The summed E-state index contributed by atoms with van der Waals surface area (Å²) in [6.07, 6.45) is 6.18. The molecule has 19 heavy (non-hydrogen) atoms. The molecule has 0 aromatic heterocycles. The zero-order chi connectivity index (χ0) is 14.1. The van der Waals surface area contributed by atoms with Crippen molar-refractivity contribution in [3.63, 3.8) is 0 Å². The quantitative estimate of drug-likeness (QED) is 0.455. The first-order valence-corrected chi connectivity index (χ1v) is 9.01. The van der Waals surface area contributed by atoms with Crippen molar-refractivity contribution in [3.8, 4) is 5.75 Å². The molecule has 0 bridgehead atoms. The molecule has 1 unspecified atom stereocenters. The molecule has 0 aliphatic rings. The lowest BCUT2D eigenvalue weighted by atomic mass is 9.79. The van der Waals surface area contributed by atoms with Crippen LogP contribution in [0.2, 0.25) is 0 Å². The molecule has 0 saturated heterocycles. The summed E-state index contributed by atoms with van der Waals surface area (Å²) in [6.45, 7) is 5.34. The van der Waals surface area contributed by atoms with Crippen LogP contribution in [-0.2, 0) is 0 Å². The van der Waals surface area contributed by atoms with E-state index in [1.54, 1.807) is 0 Å². The molecule has 0 heterocycles. The number of halogens is 2. The highest BCUT2D eigenvalue weighted by Gasteiger charge is 2.26. The number of alkyl halides is 1. The third-order valence-corrected chi connectivity index (χ3v) is 5.53. The van der Waals surface area contributed by atoms with Crippen molar-refractivity contribution in [2.75, 3.05) is 11.9 Å². The highest BCUT2D eigenvalue weighted by atomic mass is 79.9. The van der Waals surface area contributed by atoms with Gasteiger partial charge in [0.15, 0.2) is 0 Å². The van der Waals surface area contributed by atoms with Crippen molar-refractivity contribution < 1.29 is 4.74 Å². The first kappa shape index (κ1) is 17.0. The molecule has 1 nitrogen and oxygen atoms in total. The zero-order valence-corrected chi connectivity index (χ0v) is 15.1. The van der Waals surface area contributed by atoms with Crippen LogP contribution in [0.1, 0.15) is 46.0 Å². The van der Waals surface area contributed by atoms with E-state index in [0.717, 1.165) is 28.6 Å². The second kappa shape index (κ2) is 9.02. The first-order chi connectivity index (χ1) is 9.15. The average molecular weight is 392 g/mol. The highest BCUT2D eigenvalue weighted by molar-refractivity contribution is 9.10. The second-order valence-electron chi connectivity index (χ2n) is 5.14. The Morgan fingerprint density at radius 2 is 1.79 bits per heavy atom. The molecule has 1 rings (SSSR count). The molecular formula is C16H24Br2O. The summed E-state index contributed by atoms with van der Waals surface area (Å²) < 4.78 is 6.95. The lowest BCUT2D eigenvalue weighted by Crippen LogP contribution is -2.24. The van der Waals surface area contributed by atoms with Gasteiger partial charge in [-0.1, -0.05) is 58.5 Å². The Bertz CT molecular complexity index is 344. The molecule has 1 aromatic rings. The Morgan fingerprint density at radius 1 is 1.11 bits per heavy atom. The minimum absolute atomic E-state index is 0.394. The monoisotopic (exact) mass is 390 g/mol. The van der Waals surface area contributed by atoms with Gasteiger partial charge in [-0.25, -0.2) is 0 Å². The standard InChI is InChI=1S/C16H24Br2O/c1-3-5-10-16(4-2,13-17)11-12-19-15-8-6-14(18)7-9-15/h6-9H,3-5,10-13H2,1-2H3. The molecule has 3 heteroatoms. The Kier molecular flexibility index (Phi) is 8.08. The molecule has 1 atom stereocenters. The summed E-state index contributed by atoms with van der Waals surface area (Å²) in [5.41, 5.74) is 0.394. The zero-order valence-electron chi connectivity index (χ0n) is 11.9. The number of rotatable bonds is 9. The van der Waals surface area contributed by atoms with Crippen molar-refractivity contribution in [1.29, 1.82) is 0 Å². The van der Waals surface area contributed by atoms with Gasteiger partial charge < -0.3 is 4.74 Å². The molecule has 108 valence electrons. The maximum Gasteiger partial charge on any atom is 0.119 e. The Labute approximate surface area is 134 Å². The third kappa shape index (κ3) is 5.86. The smallest absolute Gasteiger partial charge is 0.119 e. The highest BCUT2D eigenvalue weighted by Crippen LogP contribution is 2.35. The van der Waals surface area contributed by atoms with Gasteiger partial charge in [-0.05, 0) is 48.9 Å². The number of hydrogen-bond donors (Lipinski definition) is 0. The predicted octanol–water partition coefficient (Wildman–Crippen LogP) is 6.20. The van der Waals surface area contributed by atoms with E-state index in [4.69, 9.17) is 4.74 Å². The number of hydrogen-bond acceptors (Lipinski definition) is 1. The van der Waals surface area contributed by atoms with E-state index in [2.05, 4.69) is 45.7 Å². The van der Waals surface area contributed by atoms with Crippen LogP contribution in [0.3, 0.4) is 0 Å². The van der Waals surface area contributed by atoms with Gasteiger partial charge in [0.25, 0.3) is 0 Å². The van der Waals surface area contributed by atoms with Crippen molar-refractivity contribution in [2.45, 2.75) is 46.0 Å². The van der Waals surface area contributed by atoms with Gasteiger partial charge >= 0.3 is 0 Å². The van der Waals surface area contributed by atoms with Crippen molar-refractivity contribution in [3.05, 3.63) is 28.7 Å². The largest absolute Gasteiger partial charge is 0.494 e. The molecule has 0 aliphatic heterocycles. The molecule has 0 radical (unpaired) electrons. The van der Waals surface area contributed by atoms with Crippen LogP contribution in [0.15, 0.2) is 28.7 Å². The van der Waals surface area contributed by atoms with E-state index in [1.165, 1.54) is 25.7 Å². The summed E-state index contributed by atoms with van der Waals surface area (Å²) in [6, 6.07) is 8.06. The van der Waals surface area contributed by atoms with Gasteiger partial charge in [-0.15, -0.1) is 0 Å². The van der Waals surface area contributed by atoms with E-state index in [1.807, 2.05) is 24.3 Å². The van der Waals surface area contributed by atoms with E-state index in [0.29, 0.717) is 5.41 Å². The Hall–Kier alpha value is -0.0200. The number of ether oxygens (including phenoxy) is 1. The molecule has 0 saturated carbocycles. The fourth-order valence-corrected chi connectivity index (χ4v) is 3.40. The fourth-order valence-electron chi connectivity index (χ4n) is 2.17. The topological polar surface area (TPSA) is 9.23 Å². The maximum absolute atomic E-state index is 5.86. The van der Waals surface area contributed by atoms with Crippen LogP contribution in [-0.4, -0.2) is 11.9 Å². The maximum atomic E-state index is 5.86. The summed E-state index contributed by atoms with van der Waals surface area (Å²) in [4.78, 5) is 0. The van der Waals surface area contributed by atoms with Gasteiger partial charge in [-0.3, -0.25) is 0 Å². The van der Waals surface area contributed by atoms with Gasteiger partial charge in [0.1, 0.15) is 5.75 Å². The van der Waals surface area contributed by atoms with Crippen molar-refractivity contribution in [1.82, 2.24) is 0 Å². The second-order valence-corrected chi connectivity index (χ2v) is 6.62. The fraction of sp³-hybridized carbons (Fsp3) is 0.625. The van der Waals surface area contributed by atoms with Crippen molar-refractivity contribution >= 4 is 31.9 Å². The molecule has 0 spiro atoms. The van der Waals surface area contributed by atoms with Gasteiger partial charge in [0, 0.05) is 9.80 Å². The van der Waals surface area contributed by atoms with E-state index < -0.39 is 0 Å². The number of unbranched alkanes of at least 4 members (excludes halogenated alkanes) is 1. The average Bonchev–Trinajstić information content (AvgIpc) is 2.45. The van der Waals surface area contributed by atoms with Crippen LogP contribution in [0, 0.1) is 5.41 Å². The summed E-state index contributed by atoms with van der Waals surface area (Å²) in [5, 5.41) is 1.07. The normalized spacial score (nSPS) is 14.1. The summed E-state index contributed by atoms with van der Waals surface area (Å²) >= 11 is 7.13. The van der Waals surface area contributed by atoms with E-state index in [9.17, 15) is 0 Å². The number of benzene rings is 1. The van der Waals surface area contributed by atoms with Crippen LogP contribution in [0.4, 0.5) is 0 Å². The molecule has 0 N–H and O–H groups in total. The van der Waals surface area contributed by atoms with Crippen LogP contribution < -0.4 is 4.74 Å².